The Balaban J connectivity index is 0.994. The maximum atomic E-state index is 16.4. The normalized spacial score (nSPS) is 22.1. The number of aromatic nitrogens is 8. The molecule has 3 atom stereocenters. The Morgan fingerprint density at radius 1 is 0.970 bits per heavy atom. The van der Waals surface area contributed by atoms with Crippen molar-refractivity contribution in [1.29, 1.82) is 0 Å². The van der Waals surface area contributed by atoms with E-state index in [-0.39, 0.29) is 53.6 Å². The lowest BCUT2D eigenvalue weighted by molar-refractivity contribution is -0.108. The first-order chi connectivity index (χ1) is 32.6. The van der Waals surface area contributed by atoms with Gasteiger partial charge in [0.2, 0.25) is 6.41 Å². The van der Waals surface area contributed by atoms with E-state index in [4.69, 9.17) is 19.7 Å². The molecular formula is C49H49F2N11O5. The summed E-state index contributed by atoms with van der Waals surface area (Å²) in [6.45, 7) is 5.54. The van der Waals surface area contributed by atoms with Gasteiger partial charge in [0.1, 0.15) is 30.0 Å². The molecule has 18 heteroatoms. The van der Waals surface area contributed by atoms with E-state index in [2.05, 4.69) is 21.6 Å². The zero-order valence-electron chi connectivity index (χ0n) is 37.4. The number of rotatable bonds is 11. The molecule has 5 aliphatic rings. The van der Waals surface area contributed by atoms with E-state index in [9.17, 15) is 9.59 Å². The number of ether oxygens (including phenoxy) is 1. The summed E-state index contributed by atoms with van der Waals surface area (Å²) >= 11 is 0. The number of amidine groups is 1. The third-order valence-electron chi connectivity index (χ3n) is 14.8. The molecule has 0 radical (unpaired) electrons. The standard InChI is InChI=1S/C49H49F2N11O5/c1-27-23-49(27,47(53-26-63)56-66-3)60-41(21-31-20-38(52-25-42(31)60)30-13-18-67-19-14-30)46(64)57-15-12-37-43(28(57)2)45(62(55-37)33-8-9-36(50)34(22-33)29-4-5-29)59-17-16-58(48(59)65)40-11-10-39-35(44(40)51)24-54-61(39)32-6-7-32/h8-11,16-17,20-22,24-30,32H,4-7,12-15,18-19,23H2,1-3H3,(H,53,56,63). The van der Waals surface area contributed by atoms with Gasteiger partial charge in [0.05, 0.1) is 58.0 Å². The van der Waals surface area contributed by atoms with Gasteiger partial charge in [0.25, 0.3) is 5.91 Å². The van der Waals surface area contributed by atoms with Crippen molar-refractivity contribution >= 4 is 40.0 Å². The molecule has 344 valence electrons. The molecule has 12 rings (SSSR count). The average Bonchev–Trinajstić information content (AvgIpc) is 4.30. The highest BCUT2D eigenvalue weighted by molar-refractivity contribution is 6.04. The lowest BCUT2D eigenvalue weighted by atomic mass is 9.95. The Bertz CT molecular complexity index is 3260. The quantitative estimate of drug-likeness (QED) is 0.0623. The second-order valence-electron chi connectivity index (χ2n) is 18.8. The van der Waals surface area contributed by atoms with Crippen molar-refractivity contribution in [2.45, 2.75) is 94.7 Å². The first-order valence-electron chi connectivity index (χ1n) is 23.2. The molecular weight excluding hydrogens is 861 g/mol. The highest BCUT2D eigenvalue weighted by Crippen LogP contribution is 2.54. The number of halogens is 2. The molecule has 1 N–H and O–H groups in total. The van der Waals surface area contributed by atoms with Crippen molar-refractivity contribution in [2.75, 3.05) is 26.9 Å². The van der Waals surface area contributed by atoms with Gasteiger partial charge in [-0.3, -0.25) is 28.4 Å². The maximum Gasteiger partial charge on any atom is 0.338 e. The van der Waals surface area contributed by atoms with E-state index >= 15 is 13.6 Å². The minimum Gasteiger partial charge on any atom is -0.398 e. The Kier molecular flexibility index (Phi) is 9.64. The van der Waals surface area contributed by atoms with Gasteiger partial charge in [-0.15, -0.1) is 0 Å². The van der Waals surface area contributed by atoms with Crippen LogP contribution in [-0.4, -0.2) is 88.2 Å². The molecule has 4 fully saturated rings. The van der Waals surface area contributed by atoms with Crippen molar-refractivity contribution in [3.8, 4) is 17.2 Å². The van der Waals surface area contributed by atoms with Crippen molar-refractivity contribution in [3.63, 3.8) is 0 Å². The van der Waals surface area contributed by atoms with Crippen LogP contribution in [-0.2, 0) is 26.3 Å². The molecule has 2 aromatic carbocycles. The number of amides is 2. The van der Waals surface area contributed by atoms with Crippen LogP contribution in [0.3, 0.4) is 0 Å². The smallest absolute Gasteiger partial charge is 0.338 e. The number of carbonyl (C=O) groups excluding carboxylic acids is 2. The number of imidazole rings is 1. The van der Waals surface area contributed by atoms with Crippen LogP contribution in [0.1, 0.15) is 116 Å². The molecule has 67 heavy (non-hydrogen) atoms. The predicted octanol–water partition coefficient (Wildman–Crippen LogP) is 7.10. The lowest BCUT2D eigenvalue weighted by Crippen LogP contribution is -2.44. The average molecular weight is 910 g/mol. The van der Waals surface area contributed by atoms with Crippen molar-refractivity contribution in [1.82, 2.24) is 48.5 Å². The van der Waals surface area contributed by atoms with E-state index in [1.54, 1.807) is 40.0 Å². The molecule has 2 amide bonds. The molecule has 2 aliphatic heterocycles. The number of pyridine rings is 1. The van der Waals surface area contributed by atoms with Crippen molar-refractivity contribution in [2.24, 2.45) is 11.1 Å². The van der Waals surface area contributed by atoms with Crippen LogP contribution in [0.2, 0.25) is 0 Å². The fourth-order valence-corrected chi connectivity index (χ4v) is 10.9. The molecule has 1 saturated heterocycles. The van der Waals surface area contributed by atoms with Crippen LogP contribution in [0.15, 0.2) is 77.2 Å². The fraction of sp³-hybridized carbons (Fsp3) is 0.408. The number of hydrogen-bond acceptors (Lipinski definition) is 9. The Labute approximate surface area is 382 Å². The second-order valence-corrected chi connectivity index (χ2v) is 18.8. The molecule has 3 unspecified atom stereocenters. The minimum absolute atomic E-state index is 0.0477. The van der Waals surface area contributed by atoms with Gasteiger partial charge >= 0.3 is 5.69 Å². The maximum absolute atomic E-state index is 16.4. The third kappa shape index (κ3) is 6.49. The summed E-state index contributed by atoms with van der Waals surface area (Å²) in [6.07, 6.45) is 13.3. The molecule has 0 bridgehead atoms. The SMILES string of the molecule is CO/N=C(\NC=O)C1(n2c(C(=O)N3CCc4nn(-c5ccc(F)c(C6CC6)c5)c(-n5ccn(-c6ccc7c(cnn7C7CC7)c6F)c5=O)c4C3C)cc3cc(C4CCOCC4)ncc32)CC1C. The molecule has 3 saturated carbocycles. The van der Waals surface area contributed by atoms with Crippen LogP contribution in [0.4, 0.5) is 8.78 Å². The lowest BCUT2D eigenvalue weighted by Gasteiger charge is -2.34. The molecule has 5 aromatic heterocycles. The number of hydrogen-bond donors (Lipinski definition) is 1. The summed E-state index contributed by atoms with van der Waals surface area (Å²) in [5, 5.41) is 17.8. The minimum atomic E-state index is -0.932. The summed E-state index contributed by atoms with van der Waals surface area (Å²) in [5.74, 6) is -0.260. The first kappa shape index (κ1) is 41.5. The zero-order valence-corrected chi connectivity index (χ0v) is 37.4. The van der Waals surface area contributed by atoms with Gasteiger partial charge in [-0.25, -0.2) is 18.3 Å². The summed E-state index contributed by atoms with van der Waals surface area (Å²) in [7, 11) is 1.41. The number of nitrogens with zero attached hydrogens (tertiary/aromatic N) is 10. The van der Waals surface area contributed by atoms with Crippen molar-refractivity contribution < 1.29 is 27.9 Å². The van der Waals surface area contributed by atoms with Gasteiger partial charge in [0, 0.05) is 61.1 Å². The van der Waals surface area contributed by atoms with Crippen molar-refractivity contribution in [3.05, 3.63) is 118 Å². The van der Waals surface area contributed by atoms with Crippen LogP contribution in [0.5, 0.6) is 0 Å². The topological polar surface area (TPSA) is 161 Å². The van der Waals surface area contributed by atoms with E-state index in [1.165, 1.54) is 34.7 Å². The van der Waals surface area contributed by atoms with Crippen LogP contribution < -0.4 is 11.0 Å². The van der Waals surface area contributed by atoms with Crippen LogP contribution >= 0.6 is 0 Å². The van der Waals surface area contributed by atoms with Crippen LogP contribution in [0, 0.1) is 17.6 Å². The molecule has 16 nitrogen and oxygen atoms in total. The summed E-state index contributed by atoms with van der Waals surface area (Å²) in [4.78, 5) is 54.4. The van der Waals surface area contributed by atoms with Crippen LogP contribution in [0.25, 0.3) is 39.0 Å². The van der Waals surface area contributed by atoms with Gasteiger partial charge in [-0.2, -0.15) is 10.2 Å². The summed E-state index contributed by atoms with van der Waals surface area (Å²) < 4.78 is 45.5. The second kappa shape index (κ2) is 15.6. The van der Waals surface area contributed by atoms with E-state index in [0.717, 1.165) is 49.6 Å². The number of benzene rings is 2. The van der Waals surface area contributed by atoms with Gasteiger partial charge in [-0.1, -0.05) is 12.1 Å². The Morgan fingerprint density at radius 3 is 2.49 bits per heavy atom. The Hall–Kier alpha value is -6.95. The highest BCUT2D eigenvalue weighted by atomic mass is 19.1. The Morgan fingerprint density at radius 2 is 1.76 bits per heavy atom. The third-order valence-corrected chi connectivity index (χ3v) is 14.8. The summed E-state index contributed by atoms with van der Waals surface area (Å²) in [6, 6.07) is 11.8. The first-order valence-corrected chi connectivity index (χ1v) is 23.2. The largest absolute Gasteiger partial charge is 0.398 e. The molecule has 3 aliphatic carbocycles. The van der Waals surface area contributed by atoms with E-state index < -0.39 is 23.1 Å². The number of nitrogens with one attached hydrogen (secondary N) is 1. The predicted molar refractivity (Wildman–Crippen MR) is 243 cm³/mol. The van der Waals surface area contributed by atoms with Gasteiger partial charge in [0.15, 0.2) is 11.7 Å². The van der Waals surface area contributed by atoms with Gasteiger partial charge < -0.3 is 24.4 Å². The molecule has 7 aromatic rings. The highest BCUT2D eigenvalue weighted by Gasteiger charge is 2.60. The van der Waals surface area contributed by atoms with E-state index in [0.29, 0.717) is 82.9 Å². The zero-order chi connectivity index (χ0) is 45.9. The molecule has 7 heterocycles. The van der Waals surface area contributed by atoms with Gasteiger partial charge in [-0.05, 0) is 112 Å². The number of fused-ring (bicyclic) bond motifs is 3. The summed E-state index contributed by atoms with van der Waals surface area (Å²) in [5.41, 5.74) is 3.70. The monoisotopic (exact) mass is 909 g/mol. The number of oxime groups is 1. The number of carbonyl (C=O) groups is 2. The van der Waals surface area contributed by atoms with E-state index in [1.807, 2.05) is 35.4 Å². The fourth-order valence-electron chi connectivity index (χ4n) is 10.9. The molecule has 0 spiro atoms.